The number of fused-ring (bicyclic) bond motifs is 6. The van der Waals surface area contributed by atoms with Gasteiger partial charge in [0.1, 0.15) is 0 Å². The summed E-state index contributed by atoms with van der Waals surface area (Å²) in [6, 6.07) is 18.0. The quantitative estimate of drug-likeness (QED) is 0.435. The SMILES string of the molecule is C=C/C=c1/c2c(ccc1=C)Cc1cc3c(cc1-2)Cc1ccccc1-3. The lowest BCUT2D eigenvalue weighted by Crippen LogP contribution is -2.25. The first kappa shape index (κ1) is 13.6. The lowest BCUT2D eigenvalue weighted by Gasteiger charge is -2.07. The zero-order valence-corrected chi connectivity index (χ0v) is 13.6. The Morgan fingerprint density at radius 1 is 0.750 bits per heavy atom. The van der Waals surface area contributed by atoms with E-state index in [4.69, 9.17) is 0 Å². The Morgan fingerprint density at radius 2 is 1.50 bits per heavy atom. The molecule has 0 fully saturated rings. The lowest BCUT2D eigenvalue weighted by atomic mass is 9.97. The van der Waals surface area contributed by atoms with Crippen LogP contribution >= 0.6 is 0 Å². The van der Waals surface area contributed by atoms with Crippen LogP contribution in [-0.2, 0) is 12.8 Å². The summed E-state index contributed by atoms with van der Waals surface area (Å²) < 4.78 is 0. The molecule has 0 amide bonds. The van der Waals surface area contributed by atoms with Crippen molar-refractivity contribution >= 4 is 12.7 Å². The minimum atomic E-state index is 1.01. The summed E-state index contributed by atoms with van der Waals surface area (Å²) in [7, 11) is 0. The van der Waals surface area contributed by atoms with E-state index in [0.29, 0.717) is 0 Å². The summed E-state index contributed by atoms with van der Waals surface area (Å²) in [5.74, 6) is 0. The van der Waals surface area contributed by atoms with Gasteiger partial charge >= 0.3 is 0 Å². The van der Waals surface area contributed by atoms with E-state index in [0.717, 1.165) is 18.1 Å². The smallest absolute Gasteiger partial charge is 0.00130 e. The van der Waals surface area contributed by atoms with Gasteiger partial charge in [0.2, 0.25) is 0 Å². The molecule has 0 spiro atoms. The molecule has 0 radical (unpaired) electrons. The van der Waals surface area contributed by atoms with Gasteiger partial charge in [-0.05, 0) is 79.9 Å². The van der Waals surface area contributed by atoms with Crippen molar-refractivity contribution in [3.8, 4) is 22.3 Å². The fourth-order valence-electron chi connectivity index (χ4n) is 4.29. The molecule has 2 aliphatic rings. The molecule has 0 unspecified atom stereocenters. The van der Waals surface area contributed by atoms with Gasteiger partial charge in [0.05, 0.1) is 0 Å². The normalized spacial score (nSPS) is 14.1. The number of allylic oxidation sites excluding steroid dienone is 1. The van der Waals surface area contributed by atoms with Crippen molar-refractivity contribution in [2.75, 3.05) is 0 Å². The molecule has 0 heterocycles. The molecule has 0 nitrogen and oxygen atoms in total. The second kappa shape index (κ2) is 4.82. The van der Waals surface area contributed by atoms with Gasteiger partial charge in [0.25, 0.3) is 0 Å². The van der Waals surface area contributed by atoms with E-state index < -0.39 is 0 Å². The Morgan fingerprint density at radius 3 is 2.38 bits per heavy atom. The van der Waals surface area contributed by atoms with Crippen molar-refractivity contribution in [1.82, 2.24) is 0 Å². The van der Waals surface area contributed by atoms with E-state index in [1.54, 1.807) is 0 Å². The Kier molecular flexibility index (Phi) is 2.72. The van der Waals surface area contributed by atoms with Crippen LogP contribution in [0.4, 0.5) is 0 Å². The van der Waals surface area contributed by atoms with Crippen molar-refractivity contribution in [3.63, 3.8) is 0 Å². The fourth-order valence-corrected chi connectivity index (χ4v) is 4.29. The summed E-state index contributed by atoms with van der Waals surface area (Å²) in [4.78, 5) is 0. The topological polar surface area (TPSA) is 0 Å². The average molecular weight is 306 g/mol. The van der Waals surface area contributed by atoms with Crippen LogP contribution in [0, 0.1) is 0 Å². The van der Waals surface area contributed by atoms with Crippen LogP contribution in [0.1, 0.15) is 22.3 Å². The molecule has 2 aliphatic carbocycles. The summed E-state index contributed by atoms with van der Waals surface area (Å²) in [5, 5.41) is 2.29. The predicted octanol–water partition coefficient (Wildman–Crippen LogP) is 4.21. The van der Waals surface area contributed by atoms with Crippen LogP contribution in [-0.4, -0.2) is 0 Å². The minimum absolute atomic E-state index is 1.01. The summed E-state index contributed by atoms with van der Waals surface area (Å²) in [5.41, 5.74) is 11.3. The number of hydrogen-bond acceptors (Lipinski definition) is 0. The third-order valence-electron chi connectivity index (χ3n) is 5.37. The largest absolute Gasteiger partial charge is 0.0990 e. The van der Waals surface area contributed by atoms with Gasteiger partial charge in [-0.3, -0.25) is 0 Å². The Balaban J connectivity index is 1.80. The van der Waals surface area contributed by atoms with Crippen LogP contribution in [0.25, 0.3) is 34.9 Å². The van der Waals surface area contributed by atoms with E-state index in [2.05, 4.69) is 67.8 Å². The maximum Gasteiger partial charge on any atom is -0.00130 e. The lowest BCUT2D eigenvalue weighted by molar-refractivity contribution is 1.24. The molecular weight excluding hydrogens is 288 g/mol. The van der Waals surface area contributed by atoms with Gasteiger partial charge in [-0.25, -0.2) is 0 Å². The number of rotatable bonds is 1. The molecule has 0 bridgehead atoms. The second-order valence-corrected chi connectivity index (χ2v) is 6.75. The average Bonchev–Trinajstić information content (AvgIpc) is 3.13. The fraction of sp³-hybridized carbons (Fsp3) is 0.0833. The summed E-state index contributed by atoms with van der Waals surface area (Å²) >= 11 is 0. The van der Waals surface area contributed by atoms with Crippen molar-refractivity contribution < 1.29 is 0 Å². The monoisotopic (exact) mass is 306 g/mol. The van der Waals surface area contributed by atoms with Crippen LogP contribution in [0.15, 0.2) is 61.2 Å². The molecular formula is C24H18. The molecule has 0 heteroatoms. The number of hydrogen-bond donors (Lipinski definition) is 0. The zero-order chi connectivity index (χ0) is 16.3. The predicted molar refractivity (Wildman–Crippen MR) is 102 cm³/mol. The van der Waals surface area contributed by atoms with Crippen molar-refractivity contribution in [2.24, 2.45) is 0 Å². The van der Waals surface area contributed by atoms with E-state index in [1.165, 1.54) is 49.7 Å². The van der Waals surface area contributed by atoms with Gasteiger partial charge in [0.15, 0.2) is 0 Å². The molecule has 24 heavy (non-hydrogen) atoms. The van der Waals surface area contributed by atoms with Gasteiger partial charge in [-0.2, -0.15) is 0 Å². The molecule has 114 valence electrons. The van der Waals surface area contributed by atoms with Crippen LogP contribution in [0.2, 0.25) is 0 Å². The molecule has 0 saturated heterocycles. The highest BCUT2D eigenvalue weighted by Gasteiger charge is 2.25. The highest BCUT2D eigenvalue weighted by molar-refractivity contribution is 5.86. The first-order chi connectivity index (χ1) is 11.8. The summed E-state index contributed by atoms with van der Waals surface area (Å²) in [6.45, 7) is 8.10. The van der Waals surface area contributed by atoms with Gasteiger partial charge < -0.3 is 0 Å². The molecule has 0 saturated carbocycles. The van der Waals surface area contributed by atoms with E-state index in [1.807, 2.05) is 6.08 Å². The highest BCUT2D eigenvalue weighted by Crippen LogP contribution is 2.43. The Labute approximate surface area is 142 Å². The van der Waals surface area contributed by atoms with Crippen molar-refractivity contribution in [2.45, 2.75) is 12.8 Å². The molecule has 3 aromatic carbocycles. The second-order valence-electron chi connectivity index (χ2n) is 6.75. The first-order valence-electron chi connectivity index (χ1n) is 8.44. The molecule has 5 rings (SSSR count). The molecule has 0 N–H and O–H groups in total. The van der Waals surface area contributed by atoms with Crippen LogP contribution in [0.3, 0.4) is 0 Å². The molecule has 3 aromatic rings. The first-order valence-corrected chi connectivity index (χ1v) is 8.44. The minimum Gasteiger partial charge on any atom is -0.0990 e. The van der Waals surface area contributed by atoms with Gasteiger partial charge in [-0.15, -0.1) is 0 Å². The third-order valence-corrected chi connectivity index (χ3v) is 5.37. The van der Waals surface area contributed by atoms with Crippen molar-refractivity contribution in [1.29, 1.82) is 0 Å². The maximum absolute atomic E-state index is 4.22. The van der Waals surface area contributed by atoms with Gasteiger partial charge in [-0.1, -0.05) is 61.7 Å². The molecule has 0 aliphatic heterocycles. The van der Waals surface area contributed by atoms with Gasteiger partial charge in [0, 0.05) is 0 Å². The molecule has 0 atom stereocenters. The van der Waals surface area contributed by atoms with E-state index >= 15 is 0 Å². The van der Waals surface area contributed by atoms with Crippen LogP contribution < -0.4 is 10.4 Å². The van der Waals surface area contributed by atoms with E-state index in [9.17, 15) is 0 Å². The Hall–Kier alpha value is -2.86. The van der Waals surface area contributed by atoms with E-state index in [-0.39, 0.29) is 0 Å². The molecule has 0 aromatic heterocycles. The highest BCUT2D eigenvalue weighted by atomic mass is 14.3. The zero-order valence-electron chi connectivity index (χ0n) is 13.6. The third kappa shape index (κ3) is 1.74. The maximum atomic E-state index is 4.22. The summed E-state index contributed by atoms with van der Waals surface area (Å²) in [6.07, 6.45) is 6.01. The standard InChI is InChI=1S/C24H18/c1-3-6-20-15(2)9-10-17-12-19-13-22-18(14-23(19)24(17)20)11-16-7-4-5-8-21(16)22/h3-10,13-14H,1-2,11-12H2/b20-6+. The van der Waals surface area contributed by atoms with Crippen LogP contribution in [0.5, 0.6) is 0 Å². The Bertz CT molecular complexity index is 1130. The van der Waals surface area contributed by atoms with Crippen molar-refractivity contribution in [3.05, 3.63) is 93.9 Å². The number of benzene rings is 3.